The second-order valence-electron chi connectivity index (χ2n) is 4.50. The summed E-state index contributed by atoms with van der Waals surface area (Å²) in [6, 6.07) is 0. The van der Waals surface area contributed by atoms with Gasteiger partial charge in [-0.1, -0.05) is 63.7 Å². The summed E-state index contributed by atoms with van der Waals surface area (Å²) in [5.41, 5.74) is 0. The molecule has 0 rings (SSSR count). The van der Waals surface area contributed by atoms with Crippen molar-refractivity contribution in [3.05, 3.63) is 0 Å². The van der Waals surface area contributed by atoms with Crippen LogP contribution in [0.3, 0.4) is 0 Å². The van der Waals surface area contributed by atoms with E-state index in [1.54, 1.807) is 0 Å². The zero-order valence-corrected chi connectivity index (χ0v) is 15.6. The molecule has 0 aliphatic carbocycles. The van der Waals surface area contributed by atoms with Gasteiger partial charge in [0.1, 0.15) is 0 Å². The minimum absolute atomic E-state index is 0.0635. The van der Waals surface area contributed by atoms with Gasteiger partial charge in [-0.15, -0.1) is 0 Å². The number of alkyl halides is 4. The summed E-state index contributed by atoms with van der Waals surface area (Å²) in [5, 5.41) is 9.10. The smallest absolute Gasteiger partial charge is 0.0569 e. The molecule has 0 aliphatic rings. The Morgan fingerprint density at radius 2 is 1.53 bits per heavy atom. The minimum atomic E-state index is -0.0635. The van der Waals surface area contributed by atoms with Crippen molar-refractivity contribution >= 4 is 63.7 Å². The van der Waals surface area contributed by atoms with Gasteiger partial charge >= 0.3 is 0 Å². The van der Waals surface area contributed by atoms with E-state index in [2.05, 4.69) is 84.5 Å². The molecular weight excluding hydrogens is 456 g/mol. The number of aliphatic hydroxyl groups excluding tert-OH is 1. The average molecular weight is 474 g/mol. The average Bonchev–Trinajstić information content (AvgIpc) is 2.11. The first-order chi connectivity index (χ1) is 6.61. The predicted molar refractivity (Wildman–Crippen MR) is 82.1 cm³/mol. The first-order valence-corrected chi connectivity index (χ1v) is 8.30. The monoisotopic (exact) mass is 470 g/mol. The van der Waals surface area contributed by atoms with Gasteiger partial charge < -0.3 is 5.11 Å². The van der Waals surface area contributed by atoms with Crippen molar-refractivity contribution in [3.8, 4) is 0 Å². The van der Waals surface area contributed by atoms with E-state index >= 15 is 0 Å². The Kier molecular flexibility index (Phi) is 7.56. The normalized spacial score (nSPS) is 20.8. The summed E-state index contributed by atoms with van der Waals surface area (Å²) in [6.45, 7) is 6.54. The van der Waals surface area contributed by atoms with Gasteiger partial charge in [0.25, 0.3) is 0 Å². The molecule has 0 fully saturated rings. The van der Waals surface area contributed by atoms with Crippen LogP contribution >= 0.6 is 63.7 Å². The minimum Gasteiger partial charge on any atom is -0.395 e. The van der Waals surface area contributed by atoms with Crippen LogP contribution in [0.15, 0.2) is 0 Å². The molecule has 15 heavy (non-hydrogen) atoms. The summed E-state index contributed by atoms with van der Waals surface area (Å²) < 4.78 is 0.0309. The van der Waals surface area contributed by atoms with Crippen molar-refractivity contribution in [3.63, 3.8) is 0 Å². The Labute approximate surface area is 126 Å². The van der Waals surface area contributed by atoms with Crippen LogP contribution in [0.2, 0.25) is 0 Å². The van der Waals surface area contributed by atoms with Crippen LogP contribution in [0.4, 0.5) is 0 Å². The Morgan fingerprint density at radius 1 is 1.07 bits per heavy atom. The predicted octanol–water partition coefficient (Wildman–Crippen LogP) is 4.61. The third-order valence-electron chi connectivity index (χ3n) is 2.44. The molecule has 0 amide bonds. The summed E-state index contributed by atoms with van der Waals surface area (Å²) in [4.78, 5) is 0.503. The van der Waals surface area contributed by atoms with Crippen LogP contribution in [0.5, 0.6) is 0 Å². The molecule has 3 atom stereocenters. The van der Waals surface area contributed by atoms with Crippen molar-refractivity contribution in [2.24, 2.45) is 0 Å². The molecule has 92 valence electrons. The lowest BCUT2D eigenvalue weighted by molar-refractivity contribution is 0.278. The highest BCUT2D eigenvalue weighted by Crippen LogP contribution is 2.37. The van der Waals surface area contributed by atoms with Gasteiger partial charge in [0.15, 0.2) is 0 Å². The number of halogens is 4. The highest BCUT2D eigenvalue weighted by Gasteiger charge is 2.32. The molecule has 0 aromatic rings. The molecule has 5 heteroatoms. The lowest BCUT2D eigenvalue weighted by Gasteiger charge is -2.30. The van der Waals surface area contributed by atoms with Crippen LogP contribution < -0.4 is 0 Å². The van der Waals surface area contributed by atoms with Crippen molar-refractivity contribution in [2.75, 3.05) is 6.61 Å². The van der Waals surface area contributed by atoms with Gasteiger partial charge in [-0.3, -0.25) is 0 Å². The first-order valence-electron chi connectivity index (χ1n) is 4.88. The molecule has 0 aromatic carbocycles. The van der Waals surface area contributed by atoms with Gasteiger partial charge in [-0.05, 0) is 33.6 Å². The van der Waals surface area contributed by atoms with Gasteiger partial charge in [-0.2, -0.15) is 0 Å². The second-order valence-corrected chi connectivity index (χ2v) is 10.6. The first kappa shape index (κ1) is 16.9. The molecule has 0 bridgehead atoms. The number of rotatable bonds is 6. The highest BCUT2D eigenvalue weighted by molar-refractivity contribution is 9.13. The zero-order valence-electron chi connectivity index (χ0n) is 9.24. The van der Waals surface area contributed by atoms with E-state index in [9.17, 15) is 0 Å². The number of hydrogen-bond donors (Lipinski definition) is 1. The van der Waals surface area contributed by atoms with E-state index in [-0.39, 0.29) is 20.1 Å². The lowest BCUT2D eigenvalue weighted by atomic mass is 9.97. The van der Waals surface area contributed by atoms with Crippen molar-refractivity contribution in [1.82, 2.24) is 0 Å². The Bertz CT molecular complexity index is 188. The Morgan fingerprint density at radius 3 is 1.87 bits per heavy atom. The van der Waals surface area contributed by atoms with Crippen molar-refractivity contribution in [2.45, 2.75) is 51.9 Å². The Balaban J connectivity index is 4.15. The summed E-state index contributed by atoms with van der Waals surface area (Å²) in [5.74, 6) is 0. The topological polar surface area (TPSA) is 20.2 Å². The molecule has 1 nitrogen and oxygen atoms in total. The molecule has 1 N–H and O–H groups in total. The van der Waals surface area contributed by atoms with Crippen LogP contribution in [-0.2, 0) is 0 Å². The van der Waals surface area contributed by atoms with E-state index in [4.69, 9.17) is 5.11 Å². The quantitative estimate of drug-likeness (QED) is 0.558. The molecule has 0 aliphatic heterocycles. The van der Waals surface area contributed by atoms with Gasteiger partial charge in [0.2, 0.25) is 0 Å². The van der Waals surface area contributed by atoms with Crippen molar-refractivity contribution < 1.29 is 5.11 Å². The largest absolute Gasteiger partial charge is 0.395 e. The fourth-order valence-corrected chi connectivity index (χ4v) is 2.16. The van der Waals surface area contributed by atoms with E-state index < -0.39 is 0 Å². The van der Waals surface area contributed by atoms with Crippen LogP contribution in [0.25, 0.3) is 0 Å². The van der Waals surface area contributed by atoms with Crippen LogP contribution in [0.1, 0.15) is 33.6 Å². The van der Waals surface area contributed by atoms with Gasteiger partial charge in [0.05, 0.1) is 11.4 Å². The maximum absolute atomic E-state index is 9.10. The maximum Gasteiger partial charge on any atom is 0.0569 e. The number of hydrogen-bond acceptors (Lipinski definition) is 1. The summed E-state index contributed by atoms with van der Waals surface area (Å²) in [6.07, 6.45) is 2.04. The maximum atomic E-state index is 9.10. The molecule has 0 saturated heterocycles. The van der Waals surface area contributed by atoms with E-state index in [1.165, 1.54) is 0 Å². The van der Waals surface area contributed by atoms with Crippen LogP contribution in [-0.4, -0.2) is 30.0 Å². The van der Waals surface area contributed by atoms with Crippen LogP contribution in [0, 0.1) is 0 Å². The molecular formula is C10H18Br4O. The fourth-order valence-electron chi connectivity index (χ4n) is 1.10. The molecule has 0 saturated carbocycles. The van der Waals surface area contributed by atoms with E-state index in [0.717, 1.165) is 12.8 Å². The summed E-state index contributed by atoms with van der Waals surface area (Å²) in [7, 11) is 0. The van der Waals surface area contributed by atoms with E-state index in [0.29, 0.717) is 4.83 Å². The zero-order chi connectivity index (χ0) is 12.3. The van der Waals surface area contributed by atoms with Gasteiger partial charge in [-0.25, -0.2) is 0 Å². The molecule has 0 unspecified atom stereocenters. The second kappa shape index (κ2) is 6.72. The molecule has 0 spiro atoms. The molecule has 0 aromatic heterocycles. The number of aliphatic hydroxyl groups is 1. The molecule has 0 heterocycles. The Hall–Kier alpha value is 1.88. The summed E-state index contributed by atoms with van der Waals surface area (Å²) >= 11 is 14.5. The van der Waals surface area contributed by atoms with Gasteiger partial charge in [0, 0.05) is 13.5 Å². The highest BCUT2D eigenvalue weighted by atomic mass is 79.9. The van der Waals surface area contributed by atoms with Crippen molar-refractivity contribution in [1.29, 1.82) is 0 Å². The third kappa shape index (κ3) is 6.39. The SMILES string of the molecule is CC(C)(Br)[C@H](Br)CC[C@](C)(Br)[C@H](Br)CO. The third-order valence-corrected chi connectivity index (χ3v) is 8.08. The standard InChI is InChI=1S/C10H18Br4O/c1-9(2,13)7(11)4-5-10(3,14)8(12)6-15/h7-8,15H,4-6H2,1-3H3/t7-,8-,10+/m1/s1. The lowest BCUT2D eigenvalue weighted by Crippen LogP contribution is -2.34. The molecule has 0 radical (unpaired) electrons. The van der Waals surface area contributed by atoms with E-state index in [1.807, 2.05) is 0 Å². The fraction of sp³-hybridized carbons (Fsp3) is 1.00.